The minimum absolute atomic E-state index is 0.0412. The van der Waals surface area contributed by atoms with Crippen molar-refractivity contribution in [3.05, 3.63) is 46.9 Å². The number of piperidine rings is 1. The second-order valence-electron chi connectivity index (χ2n) is 7.29. The third-order valence-corrected chi connectivity index (χ3v) is 5.62. The zero-order valence-corrected chi connectivity index (χ0v) is 14.5. The lowest BCUT2D eigenvalue weighted by Crippen LogP contribution is -2.50. The van der Waals surface area contributed by atoms with Crippen LogP contribution in [-0.4, -0.2) is 40.5 Å². The van der Waals surface area contributed by atoms with E-state index < -0.39 is 0 Å². The van der Waals surface area contributed by atoms with E-state index in [4.69, 9.17) is 0 Å². The minimum Gasteiger partial charge on any atom is -0.341 e. The molecular formula is C20H25N3O2. The Morgan fingerprint density at radius 1 is 1.04 bits per heavy atom. The van der Waals surface area contributed by atoms with Crippen LogP contribution in [0.15, 0.2) is 41.3 Å². The summed E-state index contributed by atoms with van der Waals surface area (Å²) in [4.78, 5) is 27.0. The van der Waals surface area contributed by atoms with E-state index in [1.165, 1.54) is 23.8 Å². The SMILES string of the molecule is O=C(Cn1ccc2ccccc2c1=O)N1CCC(NC2CCC2)CC1. The maximum atomic E-state index is 12.6. The van der Waals surface area contributed by atoms with Crippen molar-refractivity contribution >= 4 is 16.7 Å². The molecule has 2 heterocycles. The number of likely N-dealkylation sites (tertiary alicyclic amines) is 1. The molecule has 1 aliphatic heterocycles. The van der Waals surface area contributed by atoms with Crippen molar-refractivity contribution in [2.45, 2.75) is 50.7 Å². The highest BCUT2D eigenvalue weighted by molar-refractivity contribution is 5.82. The topological polar surface area (TPSA) is 54.3 Å². The largest absolute Gasteiger partial charge is 0.341 e. The predicted octanol–water partition coefficient (Wildman–Crippen LogP) is 2.13. The number of benzene rings is 1. The minimum atomic E-state index is -0.0898. The molecule has 132 valence electrons. The molecule has 2 fully saturated rings. The van der Waals surface area contributed by atoms with Crippen molar-refractivity contribution in [2.75, 3.05) is 13.1 Å². The third kappa shape index (κ3) is 3.47. The summed E-state index contributed by atoms with van der Waals surface area (Å²) < 4.78 is 1.53. The number of rotatable bonds is 4. The second-order valence-corrected chi connectivity index (χ2v) is 7.29. The quantitative estimate of drug-likeness (QED) is 0.928. The number of nitrogens with zero attached hydrogens (tertiary/aromatic N) is 2. The van der Waals surface area contributed by atoms with Crippen LogP contribution in [0, 0.1) is 0 Å². The van der Waals surface area contributed by atoms with Crippen LogP contribution in [0.4, 0.5) is 0 Å². The van der Waals surface area contributed by atoms with Crippen LogP contribution in [0.2, 0.25) is 0 Å². The van der Waals surface area contributed by atoms with E-state index in [9.17, 15) is 9.59 Å². The average Bonchev–Trinajstić information content (AvgIpc) is 2.61. The van der Waals surface area contributed by atoms with Gasteiger partial charge in [0.2, 0.25) is 5.91 Å². The zero-order valence-electron chi connectivity index (χ0n) is 14.5. The van der Waals surface area contributed by atoms with Crippen LogP contribution >= 0.6 is 0 Å². The number of carbonyl (C=O) groups excluding carboxylic acids is 1. The van der Waals surface area contributed by atoms with Gasteiger partial charge in [0.1, 0.15) is 6.54 Å². The Bertz CT molecular complexity index is 817. The van der Waals surface area contributed by atoms with Gasteiger partial charge >= 0.3 is 0 Å². The molecule has 2 aliphatic rings. The second kappa shape index (κ2) is 7.00. The third-order valence-electron chi connectivity index (χ3n) is 5.62. The number of nitrogens with one attached hydrogen (secondary N) is 1. The van der Waals surface area contributed by atoms with Crippen molar-refractivity contribution in [2.24, 2.45) is 0 Å². The lowest BCUT2D eigenvalue weighted by Gasteiger charge is -2.37. The standard InChI is InChI=1S/C20H25N3O2/c24-19(22-12-9-17(10-13-22)21-16-5-3-6-16)14-23-11-8-15-4-1-2-7-18(15)20(23)25/h1-2,4,7-8,11,16-17,21H,3,5-6,9-10,12-14H2. The van der Waals surface area contributed by atoms with Gasteiger partial charge in [0.15, 0.2) is 0 Å². The zero-order chi connectivity index (χ0) is 17.2. The molecule has 0 radical (unpaired) electrons. The molecule has 5 heteroatoms. The first kappa shape index (κ1) is 16.3. The first-order chi connectivity index (χ1) is 12.2. The number of pyridine rings is 1. The number of aromatic nitrogens is 1. The molecule has 0 atom stereocenters. The monoisotopic (exact) mass is 339 g/mol. The summed E-state index contributed by atoms with van der Waals surface area (Å²) >= 11 is 0. The summed E-state index contributed by atoms with van der Waals surface area (Å²) in [5.41, 5.74) is -0.0898. The van der Waals surface area contributed by atoms with Crippen molar-refractivity contribution in [1.29, 1.82) is 0 Å². The molecule has 5 nitrogen and oxygen atoms in total. The van der Waals surface area contributed by atoms with Gasteiger partial charge in [0.05, 0.1) is 0 Å². The summed E-state index contributed by atoms with van der Waals surface area (Å²) in [6.07, 6.45) is 7.68. The smallest absolute Gasteiger partial charge is 0.258 e. The molecule has 25 heavy (non-hydrogen) atoms. The maximum absolute atomic E-state index is 12.6. The van der Waals surface area contributed by atoms with Gasteiger partial charge in [0.25, 0.3) is 5.56 Å². The van der Waals surface area contributed by atoms with Crippen LogP contribution < -0.4 is 10.9 Å². The molecule has 4 rings (SSSR count). The molecule has 1 N–H and O–H groups in total. The van der Waals surface area contributed by atoms with E-state index in [0.717, 1.165) is 31.3 Å². The number of hydrogen-bond donors (Lipinski definition) is 1. The Hall–Kier alpha value is -2.14. The Labute approximate surface area is 147 Å². The Morgan fingerprint density at radius 2 is 1.76 bits per heavy atom. The summed E-state index contributed by atoms with van der Waals surface area (Å²) in [5.74, 6) is 0.0412. The van der Waals surface area contributed by atoms with Crippen LogP contribution in [0.5, 0.6) is 0 Å². The van der Waals surface area contributed by atoms with E-state index in [1.807, 2.05) is 35.2 Å². The van der Waals surface area contributed by atoms with Crippen LogP contribution in [0.25, 0.3) is 10.8 Å². The summed E-state index contributed by atoms with van der Waals surface area (Å²) in [7, 11) is 0. The molecule has 1 saturated heterocycles. The van der Waals surface area contributed by atoms with E-state index in [-0.39, 0.29) is 18.0 Å². The lowest BCUT2D eigenvalue weighted by molar-refractivity contribution is -0.133. The number of fused-ring (bicyclic) bond motifs is 1. The molecule has 0 bridgehead atoms. The summed E-state index contributed by atoms with van der Waals surface area (Å²) in [5, 5.41) is 5.28. The van der Waals surface area contributed by atoms with Gasteiger partial charge in [-0.1, -0.05) is 24.6 Å². The van der Waals surface area contributed by atoms with Crippen LogP contribution in [0.1, 0.15) is 32.1 Å². The van der Waals surface area contributed by atoms with E-state index in [2.05, 4.69) is 5.32 Å². The highest BCUT2D eigenvalue weighted by atomic mass is 16.2. The Balaban J connectivity index is 1.37. The average molecular weight is 339 g/mol. The normalized spacial score (nSPS) is 19.1. The summed E-state index contributed by atoms with van der Waals surface area (Å²) in [6.45, 7) is 1.70. The van der Waals surface area contributed by atoms with Gasteiger partial charge in [0, 0.05) is 36.8 Å². The molecule has 1 saturated carbocycles. The van der Waals surface area contributed by atoms with E-state index >= 15 is 0 Å². The number of carbonyl (C=O) groups is 1. The molecule has 0 spiro atoms. The van der Waals surface area contributed by atoms with Gasteiger partial charge < -0.3 is 14.8 Å². The van der Waals surface area contributed by atoms with Gasteiger partial charge in [-0.25, -0.2) is 0 Å². The fraction of sp³-hybridized carbons (Fsp3) is 0.500. The van der Waals surface area contributed by atoms with Gasteiger partial charge in [-0.3, -0.25) is 9.59 Å². The fourth-order valence-electron chi connectivity index (χ4n) is 3.80. The van der Waals surface area contributed by atoms with Crippen LogP contribution in [0.3, 0.4) is 0 Å². The van der Waals surface area contributed by atoms with Crippen molar-refractivity contribution in [3.8, 4) is 0 Å². The van der Waals surface area contributed by atoms with Gasteiger partial charge in [-0.05, 0) is 43.2 Å². The molecule has 1 aromatic carbocycles. The first-order valence-electron chi connectivity index (χ1n) is 9.33. The van der Waals surface area contributed by atoms with Gasteiger partial charge in [-0.15, -0.1) is 0 Å². The molecule has 2 aromatic rings. The number of hydrogen-bond acceptors (Lipinski definition) is 3. The molecule has 1 aliphatic carbocycles. The highest BCUT2D eigenvalue weighted by Crippen LogP contribution is 2.21. The molecule has 1 amide bonds. The Morgan fingerprint density at radius 3 is 2.48 bits per heavy atom. The van der Waals surface area contributed by atoms with Crippen molar-refractivity contribution in [1.82, 2.24) is 14.8 Å². The van der Waals surface area contributed by atoms with E-state index in [0.29, 0.717) is 17.5 Å². The van der Waals surface area contributed by atoms with Crippen molar-refractivity contribution in [3.63, 3.8) is 0 Å². The fourth-order valence-corrected chi connectivity index (χ4v) is 3.80. The highest BCUT2D eigenvalue weighted by Gasteiger charge is 2.26. The predicted molar refractivity (Wildman–Crippen MR) is 98.6 cm³/mol. The molecular weight excluding hydrogens is 314 g/mol. The number of amides is 1. The van der Waals surface area contributed by atoms with E-state index in [1.54, 1.807) is 6.20 Å². The molecule has 0 unspecified atom stereocenters. The van der Waals surface area contributed by atoms with Crippen molar-refractivity contribution < 1.29 is 4.79 Å². The summed E-state index contributed by atoms with van der Waals surface area (Å²) in [6, 6.07) is 10.6. The first-order valence-corrected chi connectivity index (χ1v) is 9.33. The lowest BCUT2D eigenvalue weighted by atomic mass is 9.91. The molecule has 1 aromatic heterocycles. The van der Waals surface area contributed by atoms with Gasteiger partial charge in [-0.2, -0.15) is 0 Å². The Kier molecular flexibility index (Phi) is 4.57. The van der Waals surface area contributed by atoms with Crippen LogP contribution in [-0.2, 0) is 11.3 Å². The maximum Gasteiger partial charge on any atom is 0.258 e.